The summed E-state index contributed by atoms with van der Waals surface area (Å²) in [7, 11) is 3.20. The predicted octanol–water partition coefficient (Wildman–Crippen LogP) is 2.82. The second-order valence-corrected chi connectivity index (χ2v) is 10.1. The number of benzene rings is 3. The van der Waals surface area contributed by atoms with E-state index in [1.165, 1.54) is 16.8 Å². The van der Waals surface area contributed by atoms with Crippen molar-refractivity contribution in [3.8, 4) is 11.5 Å². The third kappa shape index (κ3) is 5.62. The number of hydrogen-bond donors (Lipinski definition) is 3. The molecule has 0 spiro atoms. The molecule has 4 aromatic rings. The number of H-pyrrole nitrogens is 1. The van der Waals surface area contributed by atoms with E-state index in [4.69, 9.17) is 18.9 Å². The van der Waals surface area contributed by atoms with Crippen molar-refractivity contribution in [2.24, 2.45) is 5.92 Å². The fourth-order valence-corrected chi connectivity index (χ4v) is 5.59. The van der Waals surface area contributed by atoms with Crippen LogP contribution in [-0.2, 0) is 15.1 Å². The molecule has 1 saturated heterocycles. The smallest absolute Gasteiger partial charge is 0.330 e. The maximum Gasteiger partial charge on any atom is 0.330 e. The molecule has 42 heavy (non-hydrogen) atoms. The van der Waals surface area contributed by atoms with Gasteiger partial charge in [-0.3, -0.25) is 14.3 Å². The van der Waals surface area contributed by atoms with E-state index in [9.17, 15) is 19.8 Å². The summed E-state index contributed by atoms with van der Waals surface area (Å²) < 4.78 is 25.1. The summed E-state index contributed by atoms with van der Waals surface area (Å²) in [6.07, 6.45) is -1.34. The first kappa shape index (κ1) is 29.3. The van der Waals surface area contributed by atoms with E-state index in [1.807, 2.05) is 78.9 Å². The standard InChI is InChI=1S/C32H34N2O8/c1-39-24-12-8-22(9-13-24)32(21-6-4-3-5-7-21,23-10-14-25(40-2)15-11-23)41-20-27-29(37)26(17-19-35)30(42-27)34-18-16-28(36)33-31(34)38/h3-16,18,26-27,29-30,35,37H,17,19-20H2,1-2H3,(H,33,36,38)/t26-,27-,29+,30-/m1/s1. The molecule has 3 aromatic carbocycles. The van der Waals surface area contributed by atoms with E-state index in [0.29, 0.717) is 11.5 Å². The van der Waals surface area contributed by atoms with E-state index < -0.39 is 41.2 Å². The zero-order valence-corrected chi connectivity index (χ0v) is 23.4. The van der Waals surface area contributed by atoms with Gasteiger partial charge in [-0.05, 0) is 47.4 Å². The summed E-state index contributed by atoms with van der Waals surface area (Å²) in [6.45, 7) is -0.288. The molecular weight excluding hydrogens is 540 g/mol. The molecule has 5 rings (SSSR count). The number of aliphatic hydroxyl groups excluding tert-OH is 2. The summed E-state index contributed by atoms with van der Waals surface area (Å²) in [5.41, 5.74) is 0.120. The van der Waals surface area contributed by atoms with E-state index in [-0.39, 0.29) is 19.6 Å². The number of hydrogen-bond acceptors (Lipinski definition) is 8. The highest BCUT2D eigenvalue weighted by molar-refractivity contribution is 5.49. The maximum absolute atomic E-state index is 12.6. The molecule has 220 valence electrons. The van der Waals surface area contributed by atoms with E-state index in [1.54, 1.807) is 14.2 Å². The lowest BCUT2D eigenvalue weighted by Crippen LogP contribution is -2.39. The first-order valence-electron chi connectivity index (χ1n) is 13.7. The zero-order valence-electron chi connectivity index (χ0n) is 23.4. The van der Waals surface area contributed by atoms with Gasteiger partial charge in [0.25, 0.3) is 5.56 Å². The largest absolute Gasteiger partial charge is 0.497 e. The van der Waals surface area contributed by atoms with Gasteiger partial charge in [0.05, 0.1) is 26.9 Å². The van der Waals surface area contributed by atoms with Gasteiger partial charge >= 0.3 is 5.69 Å². The Labute approximate surface area is 242 Å². The minimum absolute atomic E-state index is 0.0648. The maximum atomic E-state index is 12.6. The fourth-order valence-electron chi connectivity index (χ4n) is 5.59. The number of methoxy groups -OCH3 is 2. The third-order valence-electron chi connectivity index (χ3n) is 7.73. The van der Waals surface area contributed by atoms with E-state index in [0.717, 1.165) is 16.7 Å². The Hall–Kier alpha value is -4.22. The molecule has 2 heterocycles. The van der Waals surface area contributed by atoms with Gasteiger partial charge in [0.15, 0.2) is 0 Å². The van der Waals surface area contributed by atoms with E-state index >= 15 is 0 Å². The van der Waals surface area contributed by atoms with Gasteiger partial charge in [-0.1, -0.05) is 54.6 Å². The van der Waals surface area contributed by atoms with Crippen molar-refractivity contribution >= 4 is 0 Å². The molecule has 0 radical (unpaired) electrons. The first-order valence-corrected chi connectivity index (χ1v) is 13.7. The lowest BCUT2D eigenvalue weighted by molar-refractivity contribution is -0.0949. The van der Waals surface area contributed by atoms with Crippen molar-refractivity contribution in [3.63, 3.8) is 0 Å². The lowest BCUT2D eigenvalue weighted by Gasteiger charge is -2.37. The molecule has 10 heteroatoms. The Kier molecular flexibility index (Phi) is 8.89. The first-order chi connectivity index (χ1) is 20.4. The molecule has 1 aliphatic rings. The van der Waals surface area contributed by atoms with Crippen molar-refractivity contribution in [1.29, 1.82) is 0 Å². The number of rotatable bonds is 11. The second kappa shape index (κ2) is 12.7. The lowest BCUT2D eigenvalue weighted by atomic mass is 9.80. The molecule has 1 fully saturated rings. The van der Waals surface area contributed by atoms with Gasteiger partial charge in [0, 0.05) is 24.8 Å². The quantitative estimate of drug-likeness (QED) is 0.233. The van der Waals surface area contributed by atoms with Gasteiger partial charge in [0.2, 0.25) is 0 Å². The molecule has 1 aliphatic heterocycles. The Balaban J connectivity index is 1.57. The van der Waals surface area contributed by atoms with Crippen LogP contribution >= 0.6 is 0 Å². The average molecular weight is 575 g/mol. The molecule has 0 bridgehead atoms. The third-order valence-corrected chi connectivity index (χ3v) is 7.73. The van der Waals surface area contributed by atoms with Crippen molar-refractivity contribution < 1.29 is 29.2 Å². The summed E-state index contributed by atoms with van der Waals surface area (Å²) in [5, 5.41) is 21.1. The fraction of sp³-hybridized carbons (Fsp3) is 0.312. The Morgan fingerprint density at radius 2 is 1.43 bits per heavy atom. The number of aromatic amines is 1. The Morgan fingerprint density at radius 3 is 1.95 bits per heavy atom. The van der Waals surface area contributed by atoms with Crippen LogP contribution in [0.15, 0.2) is 101 Å². The van der Waals surface area contributed by atoms with Gasteiger partial charge in [-0.25, -0.2) is 4.79 Å². The van der Waals surface area contributed by atoms with Crippen LogP contribution in [0, 0.1) is 5.92 Å². The number of nitrogens with one attached hydrogen (secondary N) is 1. The van der Waals surface area contributed by atoms with Gasteiger partial charge < -0.3 is 29.2 Å². The highest BCUT2D eigenvalue weighted by atomic mass is 16.6. The number of ether oxygens (including phenoxy) is 4. The summed E-state index contributed by atoms with van der Waals surface area (Å²) in [4.78, 5) is 26.5. The highest BCUT2D eigenvalue weighted by Crippen LogP contribution is 2.43. The molecule has 4 atom stereocenters. The van der Waals surface area contributed by atoms with Crippen LogP contribution in [0.4, 0.5) is 0 Å². The molecule has 1 aromatic heterocycles. The van der Waals surface area contributed by atoms with Crippen LogP contribution in [0.3, 0.4) is 0 Å². The molecule has 10 nitrogen and oxygen atoms in total. The SMILES string of the molecule is COc1ccc(C(OC[C@H]2O[C@@H](n3ccc(=O)[nH]c3=O)[C@H](CCO)[C@@H]2O)(c2ccccc2)c2ccc(OC)cc2)cc1. The minimum Gasteiger partial charge on any atom is -0.497 e. The molecule has 0 unspecified atom stereocenters. The number of aromatic nitrogens is 2. The second-order valence-electron chi connectivity index (χ2n) is 10.1. The number of nitrogens with zero attached hydrogens (tertiary/aromatic N) is 1. The minimum atomic E-state index is -1.14. The summed E-state index contributed by atoms with van der Waals surface area (Å²) in [5.74, 6) is 0.748. The van der Waals surface area contributed by atoms with Crippen molar-refractivity contribution in [2.45, 2.75) is 30.5 Å². The van der Waals surface area contributed by atoms with Crippen LogP contribution in [0.5, 0.6) is 11.5 Å². The number of aliphatic hydroxyl groups is 2. The van der Waals surface area contributed by atoms with Crippen LogP contribution in [0.25, 0.3) is 0 Å². The predicted molar refractivity (Wildman–Crippen MR) is 155 cm³/mol. The zero-order chi connectivity index (χ0) is 29.7. The van der Waals surface area contributed by atoms with Crippen LogP contribution < -0.4 is 20.7 Å². The van der Waals surface area contributed by atoms with Crippen LogP contribution in [0.1, 0.15) is 29.3 Å². The van der Waals surface area contributed by atoms with Gasteiger partial charge in [0.1, 0.15) is 29.4 Å². The van der Waals surface area contributed by atoms with Crippen LogP contribution in [-0.4, -0.2) is 59.4 Å². The highest BCUT2D eigenvalue weighted by Gasteiger charge is 2.47. The molecule has 0 saturated carbocycles. The Bertz CT molecular complexity index is 1520. The topological polar surface area (TPSA) is 132 Å². The van der Waals surface area contributed by atoms with Crippen molar-refractivity contribution in [1.82, 2.24) is 9.55 Å². The van der Waals surface area contributed by atoms with E-state index in [2.05, 4.69) is 4.98 Å². The molecular formula is C32H34N2O8. The van der Waals surface area contributed by atoms with Crippen molar-refractivity contribution in [2.75, 3.05) is 27.4 Å². The monoisotopic (exact) mass is 574 g/mol. The normalized spacial score (nSPS) is 20.4. The van der Waals surface area contributed by atoms with Gasteiger partial charge in [-0.2, -0.15) is 0 Å². The van der Waals surface area contributed by atoms with Crippen molar-refractivity contribution in [3.05, 3.63) is 129 Å². The molecule has 0 aliphatic carbocycles. The summed E-state index contributed by atoms with van der Waals surface area (Å²) >= 11 is 0. The van der Waals surface area contributed by atoms with Gasteiger partial charge in [-0.15, -0.1) is 0 Å². The summed E-state index contributed by atoms with van der Waals surface area (Å²) in [6, 6.07) is 26.1. The van der Waals surface area contributed by atoms with Crippen LogP contribution in [0.2, 0.25) is 0 Å². The molecule has 0 amide bonds. The average Bonchev–Trinajstić information content (AvgIpc) is 3.33. The Morgan fingerprint density at radius 1 is 0.857 bits per heavy atom. The molecule has 3 N–H and O–H groups in total.